The Morgan fingerprint density at radius 2 is 2.46 bits per heavy atom. The second-order valence-electron chi connectivity index (χ2n) is 2.40. The highest BCUT2D eigenvalue weighted by Crippen LogP contribution is 1.98. The molecule has 0 saturated carbocycles. The average molecular weight is 219 g/mol. The molecule has 2 unspecified atom stereocenters. The number of amidine groups is 1. The summed E-state index contributed by atoms with van der Waals surface area (Å²) in [6.45, 7) is 2.35. The van der Waals surface area contributed by atoms with E-state index < -0.39 is 10.8 Å². The average Bonchev–Trinajstić information content (AvgIpc) is 2.11. The van der Waals surface area contributed by atoms with Crippen LogP contribution in [0.15, 0.2) is 4.99 Å². The molecule has 74 valence electrons. The van der Waals surface area contributed by atoms with Gasteiger partial charge in [-0.3, -0.25) is 14.5 Å². The van der Waals surface area contributed by atoms with Crippen LogP contribution in [0.3, 0.4) is 0 Å². The lowest BCUT2D eigenvalue weighted by Gasteiger charge is -2.04. The largest absolute Gasteiger partial charge is 0.272 e. The number of nitriles is 1. The molecule has 0 aliphatic carbocycles. The molecule has 4 nitrogen and oxygen atoms in total. The predicted molar refractivity (Wildman–Crippen MR) is 58.1 cm³/mol. The van der Waals surface area contributed by atoms with Crippen LogP contribution >= 0.6 is 11.8 Å². The normalized spacial score (nSPS) is 16.0. The number of rotatable bonds is 3. The van der Waals surface area contributed by atoms with Crippen molar-refractivity contribution in [3.05, 3.63) is 0 Å². The van der Waals surface area contributed by atoms with Gasteiger partial charge in [0.25, 0.3) is 0 Å². The van der Waals surface area contributed by atoms with E-state index >= 15 is 0 Å². The molecule has 6 heteroatoms. The Morgan fingerprint density at radius 1 is 1.85 bits per heavy atom. The third-order valence-corrected chi connectivity index (χ3v) is 3.32. The highest BCUT2D eigenvalue weighted by molar-refractivity contribution is 8.13. The van der Waals surface area contributed by atoms with Crippen LogP contribution in [-0.4, -0.2) is 33.7 Å². The van der Waals surface area contributed by atoms with Gasteiger partial charge in [0.2, 0.25) is 0 Å². The van der Waals surface area contributed by atoms with Crippen LogP contribution in [0.5, 0.6) is 0 Å². The lowest BCUT2D eigenvalue weighted by atomic mass is 10.5. The minimum Gasteiger partial charge on any atom is -0.272 e. The van der Waals surface area contributed by atoms with Crippen LogP contribution in [0, 0.1) is 11.5 Å². The molecule has 0 aromatic heterocycles. The van der Waals surface area contributed by atoms with Gasteiger partial charge in [-0.2, -0.15) is 5.26 Å². The molecule has 0 saturated heterocycles. The quantitative estimate of drug-likeness (QED) is 0.326. The van der Waals surface area contributed by atoms with Gasteiger partial charge in [-0.1, -0.05) is 11.8 Å². The summed E-state index contributed by atoms with van der Waals surface area (Å²) < 4.78 is 11.0. The number of nitrogens with one attached hydrogen (secondary N) is 1. The molecular weight excluding hydrogens is 206 g/mol. The SMILES string of the molecule is CSC(=NCC(C)S(C)=O)NC#N. The van der Waals surface area contributed by atoms with E-state index in [-0.39, 0.29) is 5.25 Å². The maximum atomic E-state index is 11.0. The minimum atomic E-state index is -0.860. The zero-order valence-corrected chi connectivity index (χ0v) is 9.54. The summed E-state index contributed by atoms with van der Waals surface area (Å²) in [6, 6.07) is 0. The van der Waals surface area contributed by atoms with Gasteiger partial charge < -0.3 is 0 Å². The van der Waals surface area contributed by atoms with E-state index in [9.17, 15) is 4.21 Å². The lowest BCUT2D eigenvalue weighted by Crippen LogP contribution is -2.18. The summed E-state index contributed by atoms with van der Waals surface area (Å²) in [6.07, 6.45) is 5.27. The molecule has 0 aromatic carbocycles. The van der Waals surface area contributed by atoms with Crippen molar-refractivity contribution in [3.8, 4) is 6.19 Å². The van der Waals surface area contributed by atoms with E-state index in [4.69, 9.17) is 5.26 Å². The van der Waals surface area contributed by atoms with E-state index in [2.05, 4.69) is 10.3 Å². The maximum Gasteiger partial charge on any atom is 0.183 e. The number of thioether (sulfide) groups is 1. The Labute approximate surface area is 85.3 Å². The molecule has 0 aliphatic rings. The standard InChI is InChI=1S/C7H13N3OS2/c1-6(13(3)11)4-9-7(12-2)10-5-8/h6H,4H2,1-3H3,(H,9,10). The van der Waals surface area contributed by atoms with Gasteiger partial charge in [-0.15, -0.1) is 0 Å². The van der Waals surface area contributed by atoms with Crippen LogP contribution in [0.1, 0.15) is 6.92 Å². The highest BCUT2D eigenvalue weighted by Gasteiger charge is 2.05. The topological polar surface area (TPSA) is 65.2 Å². The summed E-state index contributed by atoms with van der Waals surface area (Å²) in [5, 5.41) is 11.4. The van der Waals surface area contributed by atoms with Gasteiger partial charge >= 0.3 is 0 Å². The Balaban J connectivity index is 4.07. The zero-order chi connectivity index (χ0) is 10.3. The fourth-order valence-electron chi connectivity index (χ4n) is 0.519. The summed E-state index contributed by atoms with van der Waals surface area (Å²) in [7, 11) is -0.860. The molecule has 0 bridgehead atoms. The number of aliphatic imine (C=N–C) groups is 1. The van der Waals surface area contributed by atoms with Gasteiger partial charge in [-0.05, 0) is 13.2 Å². The Bertz CT molecular complexity index is 247. The molecule has 0 aromatic rings. The number of hydrogen-bond acceptors (Lipinski definition) is 4. The van der Waals surface area contributed by atoms with E-state index in [1.54, 1.807) is 12.4 Å². The van der Waals surface area contributed by atoms with Crippen LogP contribution in [0.25, 0.3) is 0 Å². The van der Waals surface area contributed by atoms with E-state index in [1.165, 1.54) is 11.8 Å². The third-order valence-electron chi connectivity index (χ3n) is 1.41. The number of hydrogen-bond donors (Lipinski definition) is 1. The molecule has 0 aliphatic heterocycles. The van der Waals surface area contributed by atoms with E-state index in [0.717, 1.165) is 0 Å². The first-order chi connectivity index (χ1) is 6.11. The number of nitrogens with zero attached hydrogens (tertiary/aromatic N) is 2. The summed E-state index contributed by atoms with van der Waals surface area (Å²) in [4.78, 5) is 4.11. The molecule has 0 amide bonds. The van der Waals surface area contributed by atoms with Crippen molar-refractivity contribution in [2.24, 2.45) is 4.99 Å². The first-order valence-electron chi connectivity index (χ1n) is 3.67. The first-order valence-corrected chi connectivity index (χ1v) is 6.52. The van der Waals surface area contributed by atoms with Crippen LogP contribution in [-0.2, 0) is 10.8 Å². The fourth-order valence-corrected chi connectivity index (χ4v) is 1.16. The molecule has 0 rings (SSSR count). The van der Waals surface area contributed by atoms with Gasteiger partial charge in [0, 0.05) is 17.1 Å². The van der Waals surface area contributed by atoms with Crippen molar-refractivity contribution in [1.29, 1.82) is 5.26 Å². The molecule has 0 fully saturated rings. The van der Waals surface area contributed by atoms with Crippen molar-refractivity contribution >= 4 is 27.7 Å². The molecule has 0 spiro atoms. The Kier molecular flexibility index (Phi) is 6.63. The fraction of sp³-hybridized carbons (Fsp3) is 0.714. The van der Waals surface area contributed by atoms with Crippen molar-refractivity contribution in [3.63, 3.8) is 0 Å². The predicted octanol–water partition coefficient (Wildman–Crippen LogP) is 0.543. The maximum absolute atomic E-state index is 11.0. The van der Waals surface area contributed by atoms with Gasteiger partial charge in [-0.25, -0.2) is 0 Å². The summed E-state index contributed by atoms with van der Waals surface area (Å²) >= 11 is 1.37. The smallest absolute Gasteiger partial charge is 0.183 e. The second kappa shape index (κ2) is 6.92. The van der Waals surface area contributed by atoms with Gasteiger partial charge in [0.1, 0.15) is 0 Å². The van der Waals surface area contributed by atoms with Gasteiger partial charge in [0.15, 0.2) is 11.4 Å². The molecule has 0 heterocycles. The minimum absolute atomic E-state index is 0.0302. The van der Waals surface area contributed by atoms with Crippen molar-refractivity contribution < 1.29 is 4.21 Å². The van der Waals surface area contributed by atoms with Crippen molar-refractivity contribution in [1.82, 2.24) is 5.32 Å². The van der Waals surface area contributed by atoms with Crippen molar-refractivity contribution in [2.75, 3.05) is 19.1 Å². The summed E-state index contributed by atoms with van der Waals surface area (Å²) in [5.74, 6) is 0. The molecule has 0 radical (unpaired) electrons. The van der Waals surface area contributed by atoms with Crippen LogP contribution < -0.4 is 5.32 Å². The monoisotopic (exact) mass is 219 g/mol. The third kappa shape index (κ3) is 5.66. The van der Waals surface area contributed by atoms with E-state index in [1.807, 2.05) is 13.2 Å². The molecule has 1 N–H and O–H groups in total. The van der Waals surface area contributed by atoms with Crippen molar-refractivity contribution in [2.45, 2.75) is 12.2 Å². The first kappa shape index (κ1) is 12.5. The molecule has 13 heavy (non-hydrogen) atoms. The van der Waals surface area contributed by atoms with E-state index in [0.29, 0.717) is 11.7 Å². The Morgan fingerprint density at radius 3 is 2.85 bits per heavy atom. The molecular formula is C7H13N3OS2. The van der Waals surface area contributed by atoms with Crippen LogP contribution in [0.4, 0.5) is 0 Å². The molecule has 2 atom stereocenters. The van der Waals surface area contributed by atoms with Crippen LogP contribution in [0.2, 0.25) is 0 Å². The highest BCUT2D eigenvalue weighted by atomic mass is 32.2. The van der Waals surface area contributed by atoms with Gasteiger partial charge in [0.05, 0.1) is 11.8 Å². The zero-order valence-electron chi connectivity index (χ0n) is 7.90. The Hall–Kier alpha value is -0.540. The summed E-state index contributed by atoms with van der Waals surface area (Å²) in [5.41, 5.74) is 0. The second-order valence-corrected chi connectivity index (χ2v) is 4.99. The lowest BCUT2D eigenvalue weighted by molar-refractivity contribution is 0.677.